The largest absolute Gasteiger partial charge is 0.254 e. The minimum atomic E-state index is 1.16. The summed E-state index contributed by atoms with van der Waals surface area (Å²) in [6.07, 6.45) is 9.16. The molecule has 86 valence electrons. The van der Waals surface area contributed by atoms with Crippen molar-refractivity contribution in [3.8, 4) is 0 Å². The van der Waals surface area contributed by atoms with Gasteiger partial charge in [0.2, 0.25) is 0 Å². The van der Waals surface area contributed by atoms with Crippen molar-refractivity contribution in [1.82, 2.24) is 4.98 Å². The Morgan fingerprint density at radius 3 is 2.87 bits per heavy atom. The molecule has 0 amide bonds. The van der Waals surface area contributed by atoms with Crippen molar-refractivity contribution in [3.63, 3.8) is 0 Å². The van der Waals surface area contributed by atoms with Crippen LogP contribution in [-0.2, 0) is 13.0 Å². The zero-order valence-electron chi connectivity index (χ0n) is 9.96. The zero-order chi connectivity index (χ0) is 10.9. The van der Waals surface area contributed by atoms with Gasteiger partial charge in [-0.15, -0.1) is 0 Å². The molecule has 0 atom stereocenters. The lowest BCUT2D eigenvalue weighted by Gasteiger charge is -2.00. The SMILES string of the molecule is CCCSCCC[n+]1cc[nH]c1CCC. The molecule has 0 radical (unpaired) electrons. The molecule has 0 unspecified atom stereocenters. The third kappa shape index (κ3) is 4.74. The number of aromatic amines is 1. The summed E-state index contributed by atoms with van der Waals surface area (Å²) in [6, 6.07) is 0. The van der Waals surface area contributed by atoms with Gasteiger partial charge in [0.05, 0.1) is 6.54 Å². The standard InChI is InChI=1S/C12H22N2S/c1-3-6-12-13-7-9-14(12)8-5-11-15-10-4-2/h7,9H,3-6,8,10-11H2,1-2H3/p+1. The van der Waals surface area contributed by atoms with Crippen LogP contribution in [0.15, 0.2) is 12.4 Å². The van der Waals surface area contributed by atoms with Crippen LogP contribution in [0.2, 0.25) is 0 Å². The van der Waals surface area contributed by atoms with E-state index in [2.05, 4.69) is 41.4 Å². The van der Waals surface area contributed by atoms with Crippen LogP contribution in [0.4, 0.5) is 0 Å². The van der Waals surface area contributed by atoms with E-state index >= 15 is 0 Å². The first kappa shape index (κ1) is 12.6. The van der Waals surface area contributed by atoms with Gasteiger partial charge in [-0.05, 0) is 30.8 Å². The molecule has 1 aromatic heterocycles. The Bertz CT molecular complexity index is 258. The van der Waals surface area contributed by atoms with E-state index in [0.717, 1.165) is 13.0 Å². The first-order valence-electron chi connectivity index (χ1n) is 6.02. The lowest BCUT2D eigenvalue weighted by Crippen LogP contribution is -2.36. The molecule has 0 aliphatic heterocycles. The number of rotatable bonds is 8. The third-order valence-corrected chi connectivity index (χ3v) is 3.65. The van der Waals surface area contributed by atoms with E-state index in [0.29, 0.717) is 0 Å². The van der Waals surface area contributed by atoms with E-state index in [1.54, 1.807) is 0 Å². The summed E-state index contributed by atoms with van der Waals surface area (Å²) >= 11 is 2.07. The topological polar surface area (TPSA) is 19.7 Å². The fourth-order valence-corrected chi connectivity index (χ4v) is 2.47. The van der Waals surface area contributed by atoms with Gasteiger partial charge in [-0.1, -0.05) is 13.8 Å². The molecule has 0 saturated heterocycles. The molecule has 0 saturated carbocycles. The van der Waals surface area contributed by atoms with Crippen LogP contribution in [0.1, 0.15) is 38.9 Å². The molecule has 15 heavy (non-hydrogen) atoms. The lowest BCUT2D eigenvalue weighted by atomic mass is 10.3. The number of aromatic nitrogens is 2. The smallest absolute Gasteiger partial charge is 0.248 e. The van der Waals surface area contributed by atoms with Crippen LogP contribution >= 0.6 is 11.8 Å². The van der Waals surface area contributed by atoms with E-state index in [4.69, 9.17) is 0 Å². The van der Waals surface area contributed by atoms with Gasteiger partial charge in [0.25, 0.3) is 5.82 Å². The first-order chi connectivity index (χ1) is 7.38. The van der Waals surface area contributed by atoms with Crippen molar-refractivity contribution in [1.29, 1.82) is 0 Å². The van der Waals surface area contributed by atoms with Crippen LogP contribution in [0.5, 0.6) is 0 Å². The maximum absolute atomic E-state index is 3.31. The summed E-state index contributed by atoms with van der Waals surface area (Å²) in [4.78, 5) is 3.31. The molecular weight excluding hydrogens is 204 g/mol. The number of aryl methyl sites for hydroxylation is 2. The maximum Gasteiger partial charge on any atom is 0.254 e. The van der Waals surface area contributed by atoms with Crippen LogP contribution in [0.25, 0.3) is 0 Å². The second-order valence-electron chi connectivity index (χ2n) is 3.82. The molecule has 1 heterocycles. The summed E-state index contributed by atoms with van der Waals surface area (Å²) in [5, 5.41) is 0. The number of nitrogens with zero attached hydrogens (tertiary/aromatic N) is 1. The van der Waals surface area contributed by atoms with E-state index in [-0.39, 0.29) is 0 Å². The maximum atomic E-state index is 3.31. The molecule has 0 spiro atoms. The molecule has 0 bridgehead atoms. The zero-order valence-corrected chi connectivity index (χ0v) is 10.8. The van der Waals surface area contributed by atoms with Crippen molar-refractivity contribution >= 4 is 11.8 Å². The molecule has 0 aliphatic carbocycles. The van der Waals surface area contributed by atoms with Crippen LogP contribution in [-0.4, -0.2) is 16.5 Å². The number of imidazole rings is 1. The molecule has 0 fully saturated rings. The van der Waals surface area contributed by atoms with Gasteiger partial charge in [0.15, 0.2) is 0 Å². The Morgan fingerprint density at radius 2 is 2.13 bits per heavy atom. The predicted octanol–water partition coefficient (Wildman–Crippen LogP) is 2.79. The van der Waals surface area contributed by atoms with Gasteiger partial charge in [0.1, 0.15) is 12.4 Å². The molecular formula is C12H23N2S+. The van der Waals surface area contributed by atoms with Gasteiger partial charge in [-0.25, -0.2) is 9.55 Å². The number of thioether (sulfide) groups is 1. The molecule has 3 heteroatoms. The van der Waals surface area contributed by atoms with Gasteiger partial charge < -0.3 is 0 Å². The Labute approximate surface area is 97.5 Å². The molecule has 1 N–H and O–H groups in total. The summed E-state index contributed by atoms with van der Waals surface area (Å²) in [5.41, 5.74) is 0. The van der Waals surface area contributed by atoms with E-state index in [1.807, 2.05) is 6.20 Å². The second kappa shape index (κ2) is 7.80. The van der Waals surface area contributed by atoms with Crippen molar-refractivity contribution in [2.24, 2.45) is 0 Å². The summed E-state index contributed by atoms with van der Waals surface area (Å²) in [7, 11) is 0. The molecule has 1 aromatic rings. The quantitative estimate of drug-likeness (QED) is 0.535. The summed E-state index contributed by atoms with van der Waals surface area (Å²) in [5.74, 6) is 3.97. The predicted molar refractivity (Wildman–Crippen MR) is 67.2 cm³/mol. The highest BCUT2D eigenvalue weighted by molar-refractivity contribution is 7.99. The monoisotopic (exact) mass is 227 g/mol. The molecule has 1 rings (SSSR count). The van der Waals surface area contributed by atoms with Crippen LogP contribution < -0.4 is 4.57 Å². The Kier molecular flexibility index (Phi) is 6.57. The van der Waals surface area contributed by atoms with E-state index in [9.17, 15) is 0 Å². The van der Waals surface area contributed by atoms with E-state index in [1.165, 1.54) is 36.6 Å². The summed E-state index contributed by atoms with van der Waals surface area (Å²) < 4.78 is 2.36. The fraction of sp³-hybridized carbons (Fsp3) is 0.750. The average molecular weight is 227 g/mol. The summed E-state index contributed by atoms with van der Waals surface area (Å²) in [6.45, 7) is 5.63. The van der Waals surface area contributed by atoms with Gasteiger partial charge in [-0.2, -0.15) is 11.8 Å². The number of hydrogen-bond acceptors (Lipinski definition) is 1. The van der Waals surface area contributed by atoms with Crippen LogP contribution in [0, 0.1) is 0 Å². The average Bonchev–Trinajstić information content (AvgIpc) is 2.66. The van der Waals surface area contributed by atoms with Crippen molar-refractivity contribution in [2.45, 2.75) is 46.1 Å². The van der Waals surface area contributed by atoms with Gasteiger partial charge in [-0.3, -0.25) is 0 Å². The number of nitrogens with one attached hydrogen (secondary N) is 1. The molecule has 2 nitrogen and oxygen atoms in total. The second-order valence-corrected chi connectivity index (χ2v) is 5.04. The number of H-pyrrole nitrogens is 1. The minimum absolute atomic E-state index is 1.16. The van der Waals surface area contributed by atoms with Crippen molar-refractivity contribution in [3.05, 3.63) is 18.2 Å². The van der Waals surface area contributed by atoms with E-state index < -0.39 is 0 Å². The minimum Gasteiger partial charge on any atom is -0.248 e. The van der Waals surface area contributed by atoms with Crippen LogP contribution in [0.3, 0.4) is 0 Å². The lowest BCUT2D eigenvalue weighted by molar-refractivity contribution is -0.702. The Morgan fingerprint density at radius 1 is 1.27 bits per heavy atom. The first-order valence-corrected chi connectivity index (χ1v) is 7.17. The highest BCUT2D eigenvalue weighted by atomic mass is 32.2. The highest BCUT2D eigenvalue weighted by Gasteiger charge is 2.07. The third-order valence-electron chi connectivity index (χ3n) is 2.37. The Balaban J connectivity index is 2.21. The highest BCUT2D eigenvalue weighted by Crippen LogP contribution is 2.04. The van der Waals surface area contributed by atoms with Gasteiger partial charge >= 0.3 is 0 Å². The number of hydrogen-bond donors (Lipinski definition) is 1. The van der Waals surface area contributed by atoms with Gasteiger partial charge in [0, 0.05) is 6.42 Å². The fourth-order valence-electron chi connectivity index (χ4n) is 1.64. The normalized spacial score (nSPS) is 10.8. The van der Waals surface area contributed by atoms with Crippen molar-refractivity contribution in [2.75, 3.05) is 11.5 Å². The molecule has 0 aromatic carbocycles. The van der Waals surface area contributed by atoms with Crippen molar-refractivity contribution < 1.29 is 4.57 Å². The Hall–Kier alpha value is -0.440. The molecule has 0 aliphatic rings.